The number of halogens is 2. The highest BCUT2D eigenvalue weighted by Crippen LogP contribution is 2.28. The number of ether oxygens (including phenoxy) is 2. The molecule has 12 heteroatoms. The Labute approximate surface area is 199 Å². The molecule has 0 saturated carbocycles. The van der Waals surface area contributed by atoms with Crippen molar-refractivity contribution in [2.24, 2.45) is 0 Å². The van der Waals surface area contributed by atoms with Crippen LogP contribution in [0.1, 0.15) is 17.3 Å². The van der Waals surface area contributed by atoms with Crippen molar-refractivity contribution < 1.29 is 19.1 Å². The largest absolute Gasteiger partial charge is 0.482 e. The maximum Gasteiger partial charge on any atom is 0.340 e. The van der Waals surface area contributed by atoms with Gasteiger partial charge in [0, 0.05) is 5.02 Å². The van der Waals surface area contributed by atoms with Gasteiger partial charge in [-0.2, -0.15) is 0 Å². The van der Waals surface area contributed by atoms with E-state index >= 15 is 0 Å². The van der Waals surface area contributed by atoms with Crippen LogP contribution in [0.5, 0.6) is 5.75 Å². The third-order valence-corrected chi connectivity index (χ3v) is 4.66. The fourth-order valence-corrected chi connectivity index (χ4v) is 3.06. The number of para-hydroxylation sites is 1. The van der Waals surface area contributed by atoms with E-state index < -0.39 is 11.9 Å². The maximum atomic E-state index is 12.2. The molecule has 1 amide bonds. The Morgan fingerprint density at radius 3 is 2.61 bits per heavy atom. The Morgan fingerprint density at radius 2 is 1.85 bits per heavy atom. The fraction of sp³-hybridized carbons (Fsp3) is 0.143. The van der Waals surface area contributed by atoms with Gasteiger partial charge in [-0.15, -0.1) is 0 Å². The van der Waals surface area contributed by atoms with Gasteiger partial charge in [-0.05, 0) is 37.3 Å². The molecule has 3 rings (SSSR count). The summed E-state index contributed by atoms with van der Waals surface area (Å²) in [6.45, 7) is 1.64. The van der Waals surface area contributed by atoms with Crippen LogP contribution in [0.4, 0.5) is 23.0 Å². The number of hydrazine groups is 1. The van der Waals surface area contributed by atoms with Crippen molar-refractivity contribution in [3.05, 3.63) is 64.4 Å². The number of hydrogen-bond donors (Lipinski definition) is 4. The Hall–Kier alpha value is -3.76. The fourth-order valence-electron chi connectivity index (χ4n) is 2.60. The van der Waals surface area contributed by atoms with Crippen molar-refractivity contribution in [2.45, 2.75) is 6.92 Å². The van der Waals surface area contributed by atoms with Crippen LogP contribution in [-0.2, 0) is 9.53 Å². The number of hydrogen-bond acceptors (Lipinski definition) is 9. The van der Waals surface area contributed by atoms with E-state index in [0.29, 0.717) is 22.0 Å². The molecule has 0 fully saturated rings. The average Bonchev–Trinajstić information content (AvgIpc) is 2.79. The van der Waals surface area contributed by atoms with Gasteiger partial charge >= 0.3 is 5.97 Å². The lowest BCUT2D eigenvalue weighted by molar-refractivity contribution is -0.122. The second-order valence-electron chi connectivity index (χ2n) is 6.41. The zero-order chi connectivity index (χ0) is 23.8. The standard InChI is InChI=1S/C21H20Cl2N6O4/c1-2-32-21(31)13-5-3-4-6-15(13)27-19-18(24)20(26-11-25-19)29-28-17(30)10-33-16-8-7-12(22)9-14(16)23/h3-9,11H,2,10,24H2,1H3,(H,28,30)(H2,25,26,27,29). The van der Waals surface area contributed by atoms with Crippen molar-refractivity contribution in [2.75, 3.05) is 29.7 Å². The third kappa shape index (κ3) is 6.37. The summed E-state index contributed by atoms with van der Waals surface area (Å²) < 4.78 is 10.4. The normalized spacial score (nSPS) is 10.3. The topological polar surface area (TPSA) is 140 Å². The molecular formula is C21H20Cl2N6O4. The van der Waals surface area contributed by atoms with Crippen LogP contribution in [0.2, 0.25) is 10.0 Å². The van der Waals surface area contributed by atoms with Gasteiger partial charge in [0.05, 0.1) is 22.9 Å². The molecule has 0 aliphatic rings. The SMILES string of the molecule is CCOC(=O)c1ccccc1Nc1ncnc(NNC(=O)COc2ccc(Cl)cc2Cl)c1N. The van der Waals surface area contributed by atoms with Crippen LogP contribution in [-0.4, -0.2) is 35.1 Å². The molecule has 0 aliphatic carbocycles. The van der Waals surface area contributed by atoms with E-state index in [1.807, 2.05) is 0 Å². The lowest BCUT2D eigenvalue weighted by atomic mass is 10.2. The number of carbonyl (C=O) groups excluding carboxylic acids is 2. The summed E-state index contributed by atoms with van der Waals surface area (Å²) in [5, 5.41) is 3.72. The maximum absolute atomic E-state index is 12.2. The van der Waals surface area contributed by atoms with E-state index in [1.54, 1.807) is 43.3 Å². The number of aromatic nitrogens is 2. The van der Waals surface area contributed by atoms with Crippen molar-refractivity contribution >= 4 is 58.1 Å². The lowest BCUT2D eigenvalue weighted by Gasteiger charge is -2.15. The van der Waals surface area contributed by atoms with Crippen LogP contribution in [0, 0.1) is 0 Å². The number of carbonyl (C=O) groups is 2. The van der Waals surface area contributed by atoms with Gasteiger partial charge in [0.15, 0.2) is 18.2 Å². The molecule has 1 aromatic heterocycles. The minimum Gasteiger partial charge on any atom is -0.482 e. The van der Waals surface area contributed by atoms with E-state index in [0.717, 1.165) is 0 Å². The molecule has 0 saturated heterocycles. The van der Waals surface area contributed by atoms with Crippen molar-refractivity contribution in [3.8, 4) is 5.75 Å². The van der Waals surface area contributed by atoms with Gasteiger partial charge in [-0.3, -0.25) is 15.6 Å². The minimum absolute atomic E-state index is 0.109. The number of amides is 1. The molecular weight excluding hydrogens is 471 g/mol. The van der Waals surface area contributed by atoms with E-state index in [2.05, 4.69) is 26.1 Å². The highest BCUT2D eigenvalue weighted by Gasteiger charge is 2.15. The summed E-state index contributed by atoms with van der Waals surface area (Å²) >= 11 is 11.8. The van der Waals surface area contributed by atoms with Crippen molar-refractivity contribution in [3.63, 3.8) is 0 Å². The molecule has 0 radical (unpaired) electrons. The molecule has 0 unspecified atom stereocenters. The highest BCUT2D eigenvalue weighted by molar-refractivity contribution is 6.35. The first kappa shape index (κ1) is 23.9. The monoisotopic (exact) mass is 490 g/mol. The van der Waals surface area contributed by atoms with Gasteiger partial charge in [0.2, 0.25) is 0 Å². The number of nitrogens with zero attached hydrogens (tertiary/aromatic N) is 2. The van der Waals surface area contributed by atoms with Crippen molar-refractivity contribution in [1.82, 2.24) is 15.4 Å². The van der Waals surface area contributed by atoms with Gasteiger partial charge in [-0.25, -0.2) is 14.8 Å². The molecule has 2 aromatic carbocycles. The second-order valence-corrected chi connectivity index (χ2v) is 7.26. The minimum atomic E-state index is -0.513. The van der Waals surface area contributed by atoms with Crippen LogP contribution >= 0.6 is 23.2 Å². The predicted octanol–water partition coefficient (Wildman–Crippen LogP) is 3.81. The number of nitrogens with one attached hydrogen (secondary N) is 3. The molecule has 5 N–H and O–H groups in total. The number of esters is 1. The molecule has 0 atom stereocenters. The number of anilines is 4. The van der Waals surface area contributed by atoms with Gasteiger partial charge in [0.1, 0.15) is 17.8 Å². The molecule has 0 aliphatic heterocycles. The Balaban J connectivity index is 1.63. The smallest absolute Gasteiger partial charge is 0.340 e. The van der Waals surface area contributed by atoms with Crippen LogP contribution in [0.15, 0.2) is 48.8 Å². The molecule has 0 bridgehead atoms. The Kier molecular flexibility index (Phi) is 8.11. The van der Waals surface area contributed by atoms with Crippen LogP contribution < -0.4 is 26.6 Å². The molecule has 0 spiro atoms. The van der Waals surface area contributed by atoms with Gasteiger partial charge < -0.3 is 20.5 Å². The highest BCUT2D eigenvalue weighted by atomic mass is 35.5. The quantitative estimate of drug-likeness (QED) is 0.260. The summed E-state index contributed by atoms with van der Waals surface area (Å²) in [6, 6.07) is 11.4. The van der Waals surface area contributed by atoms with E-state index in [-0.39, 0.29) is 35.6 Å². The Morgan fingerprint density at radius 1 is 1.09 bits per heavy atom. The van der Waals surface area contributed by atoms with Crippen LogP contribution in [0.25, 0.3) is 0 Å². The van der Waals surface area contributed by atoms with Crippen molar-refractivity contribution in [1.29, 1.82) is 0 Å². The summed E-state index contributed by atoms with van der Waals surface area (Å²) in [6.07, 6.45) is 1.24. The third-order valence-electron chi connectivity index (χ3n) is 4.13. The number of nitrogen functional groups attached to an aromatic ring is 1. The molecule has 172 valence electrons. The first-order chi connectivity index (χ1) is 15.9. The summed E-state index contributed by atoms with van der Waals surface area (Å²) in [5.74, 6) is -0.327. The summed E-state index contributed by atoms with van der Waals surface area (Å²) in [5.41, 5.74) is 12.0. The summed E-state index contributed by atoms with van der Waals surface area (Å²) in [4.78, 5) is 32.4. The van der Waals surface area contributed by atoms with Gasteiger partial charge in [-0.1, -0.05) is 35.3 Å². The second kappa shape index (κ2) is 11.2. The van der Waals surface area contributed by atoms with Crippen LogP contribution in [0.3, 0.4) is 0 Å². The lowest BCUT2D eigenvalue weighted by Crippen LogP contribution is -2.34. The number of rotatable bonds is 9. The zero-order valence-electron chi connectivity index (χ0n) is 17.4. The zero-order valence-corrected chi connectivity index (χ0v) is 18.9. The predicted molar refractivity (Wildman–Crippen MR) is 126 cm³/mol. The van der Waals surface area contributed by atoms with E-state index in [1.165, 1.54) is 12.4 Å². The molecule has 10 nitrogen and oxygen atoms in total. The van der Waals surface area contributed by atoms with E-state index in [9.17, 15) is 9.59 Å². The summed E-state index contributed by atoms with van der Waals surface area (Å²) in [7, 11) is 0. The average molecular weight is 491 g/mol. The molecule has 1 heterocycles. The van der Waals surface area contributed by atoms with E-state index in [4.69, 9.17) is 38.4 Å². The Bertz CT molecular complexity index is 1160. The first-order valence-corrected chi connectivity index (χ1v) is 10.4. The first-order valence-electron chi connectivity index (χ1n) is 9.65. The molecule has 33 heavy (non-hydrogen) atoms. The number of nitrogens with two attached hydrogens (primary N) is 1. The van der Waals surface area contributed by atoms with Gasteiger partial charge in [0.25, 0.3) is 5.91 Å². The number of benzene rings is 2. The molecule has 3 aromatic rings.